The molecule has 1 aromatic rings. The van der Waals surface area contributed by atoms with Crippen LogP contribution in [0.5, 0.6) is 0 Å². The van der Waals surface area contributed by atoms with Crippen LogP contribution in [0.2, 0.25) is 10.0 Å². The van der Waals surface area contributed by atoms with E-state index in [2.05, 4.69) is 9.62 Å². The fraction of sp³-hybridized carbons (Fsp3) is 0.538. The minimum Gasteiger partial charge on any atom is -0.392 e. The van der Waals surface area contributed by atoms with Gasteiger partial charge in [-0.3, -0.25) is 0 Å². The number of hydrogen-bond donors (Lipinski definition) is 2. The number of nitrogens with one attached hydrogen (secondary N) is 1. The van der Waals surface area contributed by atoms with Crippen molar-refractivity contribution in [3.05, 3.63) is 27.7 Å². The number of likely N-dealkylation sites (tertiary alicyclic amines) is 1. The van der Waals surface area contributed by atoms with Gasteiger partial charge in [-0.05, 0) is 43.6 Å². The molecule has 8 heteroatoms. The summed E-state index contributed by atoms with van der Waals surface area (Å²) >= 11 is 11.9. The average Bonchev–Trinajstić information content (AvgIpc) is 2.84. The van der Waals surface area contributed by atoms with E-state index >= 15 is 0 Å². The molecule has 1 heterocycles. The maximum absolute atomic E-state index is 12.4. The zero-order valence-corrected chi connectivity index (χ0v) is 14.0. The molecule has 1 saturated heterocycles. The molecule has 0 aromatic heterocycles. The predicted molar refractivity (Wildman–Crippen MR) is 83.2 cm³/mol. The summed E-state index contributed by atoms with van der Waals surface area (Å²) in [5.74, 6) is 0.292. The topological polar surface area (TPSA) is 69.6 Å². The van der Waals surface area contributed by atoms with Gasteiger partial charge in [0.25, 0.3) is 0 Å². The van der Waals surface area contributed by atoms with Crippen LogP contribution >= 0.6 is 23.2 Å². The van der Waals surface area contributed by atoms with Gasteiger partial charge in [0, 0.05) is 18.1 Å². The summed E-state index contributed by atoms with van der Waals surface area (Å²) in [5.41, 5.74) is 0.296. The lowest BCUT2D eigenvalue weighted by Gasteiger charge is -2.14. The zero-order chi connectivity index (χ0) is 15.6. The maximum atomic E-state index is 12.4. The van der Waals surface area contributed by atoms with Gasteiger partial charge in [0.05, 0.1) is 11.6 Å². The van der Waals surface area contributed by atoms with E-state index in [1.54, 1.807) is 0 Å². The maximum Gasteiger partial charge on any atom is 0.242 e. The van der Waals surface area contributed by atoms with Gasteiger partial charge in [0.2, 0.25) is 10.0 Å². The third kappa shape index (κ3) is 4.09. The number of hydrogen-bond acceptors (Lipinski definition) is 4. The number of halogens is 2. The van der Waals surface area contributed by atoms with Crippen molar-refractivity contribution in [3.8, 4) is 0 Å². The molecule has 1 fully saturated rings. The van der Waals surface area contributed by atoms with E-state index in [1.165, 1.54) is 12.1 Å². The molecule has 0 radical (unpaired) electrons. The van der Waals surface area contributed by atoms with Crippen LogP contribution in [0.4, 0.5) is 0 Å². The molecule has 0 bridgehead atoms. The van der Waals surface area contributed by atoms with Crippen molar-refractivity contribution in [1.29, 1.82) is 0 Å². The molecule has 0 aliphatic carbocycles. The number of aliphatic hydroxyl groups excluding tert-OH is 1. The molecule has 2 rings (SSSR count). The largest absolute Gasteiger partial charge is 0.392 e. The Hall–Kier alpha value is -0.370. The van der Waals surface area contributed by atoms with Crippen LogP contribution in [0, 0.1) is 5.92 Å². The smallest absolute Gasteiger partial charge is 0.242 e. The van der Waals surface area contributed by atoms with Crippen molar-refractivity contribution >= 4 is 33.2 Å². The molecule has 1 aliphatic heterocycles. The Morgan fingerprint density at radius 2 is 2.14 bits per heavy atom. The Morgan fingerprint density at radius 1 is 1.43 bits per heavy atom. The van der Waals surface area contributed by atoms with Crippen LogP contribution in [0.3, 0.4) is 0 Å². The molecule has 1 aromatic carbocycles. The molecule has 21 heavy (non-hydrogen) atoms. The lowest BCUT2D eigenvalue weighted by atomic mass is 10.1. The number of benzene rings is 1. The van der Waals surface area contributed by atoms with E-state index in [9.17, 15) is 13.5 Å². The summed E-state index contributed by atoms with van der Waals surface area (Å²) in [6.45, 7) is 1.84. The molecule has 0 saturated carbocycles. The first kappa shape index (κ1) is 17.0. The third-order valence-corrected chi connectivity index (χ3v) is 5.81. The molecule has 5 nitrogen and oxygen atoms in total. The average molecular weight is 353 g/mol. The molecule has 118 valence electrons. The standard InChI is InChI=1S/C13H18Cl2N2O3S/c1-17-3-2-9(7-17)6-16-21(19,20)12-5-11(14)4-10(8-18)13(12)15/h4-5,9,16,18H,2-3,6-8H2,1H3. The highest BCUT2D eigenvalue weighted by Gasteiger charge is 2.25. The van der Waals surface area contributed by atoms with Gasteiger partial charge in [-0.25, -0.2) is 13.1 Å². The monoisotopic (exact) mass is 352 g/mol. The van der Waals surface area contributed by atoms with Crippen LogP contribution in [0.1, 0.15) is 12.0 Å². The van der Waals surface area contributed by atoms with E-state index < -0.39 is 10.0 Å². The fourth-order valence-electron chi connectivity index (χ4n) is 2.43. The van der Waals surface area contributed by atoms with E-state index in [0.717, 1.165) is 19.5 Å². The van der Waals surface area contributed by atoms with Crippen molar-refractivity contribution in [2.24, 2.45) is 5.92 Å². The highest BCUT2D eigenvalue weighted by molar-refractivity contribution is 7.89. The molecule has 0 amide bonds. The molecule has 2 N–H and O–H groups in total. The molecule has 0 spiro atoms. The summed E-state index contributed by atoms with van der Waals surface area (Å²) in [7, 11) is -1.74. The molecular weight excluding hydrogens is 335 g/mol. The summed E-state index contributed by atoms with van der Waals surface area (Å²) < 4.78 is 27.3. The minimum atomic E-state index is -3.75. The minimum absolute atomic E-state index is 0.0120. The lowest BCUT2D eigenvalue weighted by molar-refractivity contribution is 0.281. The predicted octanol–water partition coefficient (Wildman–Crippen LogP) is 1.72. The normalized spacial score (nSPS) is 20.1. The SMILES string of the molecule is CN1CCC(CNS(=O)(=O)c2cc(Cl)cc(CO)c2Cl)C1. The van der Waals surface area contributed by atoms with Gasteiger partial charge in [-0.2, -0.15) is 0 Å². The Bertz CT molecular complexity index is 622. The molecular formula is C13H18Cl2N2O3S. The zero-order valence-electron chi connectivity index (χ0n) is 11.6. The van der Waals surface area contributed by atoms with Crippen LogP contribution in [0.25, 0.3) is 0 Å². The van der Waals surface area contributed by atoms with Crippen molar-refractivity contribution in [2.75, 3.05) is 26.7 Å². The van der Waals surface area contributed by atoms with Crippen molar-refractivity contribution < 1.29 is 13.5 Å². The van der Waals surface area contributed by atoms with Gasteiger partial charge in [0.1, 0.15) is 4.90 Å². The van der Waals surface area contributed by atoms with Gasteiger partial charge in [0.15, 0.2) is 0 Å². The van der Waals surface area contributed by atoms with E-state index in [-0.39, 0.29) is 21.5 Å². The second kappa shape index (κ2) is 6.81. The Labute approximate surface area is 134 Å². The van der Waals surface area contributed by atoms with Gasteiger partial charge in [-0.15, -0.1) is 0 Å². The first-order chi connectivity index (χ1) is 9.83. The molecule has 1 atom stereocenters. The van der Waals surface area contributed by atoms with E-state index in [1.807, 2.05) is 7.05 Å². The Morgan fingerprint density at radius 3 is 2.71 bits per heavy atom. The fourth-order valence-corrected chi connectivity index (χ4v) is 4.47. The lowest BCUT2D eigenvalue weighted by Crippen LogP contribution is -2.30. The van der Waals surface area contributed by atoms with Crippen LogP contribution < -0.4 is 4.72 Å². The van der Waals surface area contributed by atoms with Crippen molar-refractivity contribution in [2.45, 2.75) is 17.9 Å². The van der Waals surface area contributed by atoms with Gasteiger partial charge >= 0.3 is 0 Å². The first-order valence-corrected chi connectivity index (χ1v) is 8.84. The molecule has 1 unspecified atom stereocenters. The number of sulfonamides is 1. The summed E-state index contributed by atoms with van der Waals surface area (Å²) in [6, 6.07) is 2.75. The van der Waals surface area contributed by atoms with Gasteiger partial charge < -0.3 is 10.0 Å². The third-order valence-electron chi connectivity index (χ3n) is 3.59. The van der Waals surface area contributed by atoms with Crippen LogP contribution in [0.15, 0.2) is 17.0 Å². The Balaban J connectivity index is 2.17. The van der Waals surface area contributed by atoms with Crippen LogP contribution in [-0.2, 0) is 16.6 Å². The Kier molecular flexibility index (Phi) is 5.51. The molecule has 1 aliphatic rings. The number of aliphatic hydroxyl groups is 1. The van der Waals surface area contributed by atoms with Crippen molar-refractivity contribution in [3.63, 3.8) is 0 Å². The van der Waals surface area contributed by atoms with E-state index in [0.29, 0.717) is 18.0 Å². The second-order valence-corrected chi connectivity index (χ2v) is 7.85. The number of nitrogens with zero attached hydrogens (tertiary/aromatic N) is 1. The highest BCUT2D eigenvalue weighted by Crippen LogP contribution is 2.29. The summed E-state index contributed by atoms with van der Waals surface area (Å²) in [6.07, 6.45) is 0.962. The van der Waals surface area contributed by atoms with Crippen molar-refractivity contribution in [1.82, 2.24) is 9.62 Å². The summed E-state index contributed by atoms with van der Waals surface area (Å²) in [5, 5.41) is 9.44. The first-order valence-electron chi connectivity index (χ1n) is 6.60. The van der Waals surface area contributed by atoms with Crippen LogP contribution in [-0.4, -0.2) is 45.1 Å². The second-order valence-electron chi connectivity index (χ2n) is 5.30. The van der Waals surface area contributed by atoms with Gasteiger partial charge in [-0.1, -0.05) is 23.2 Å². The van der Waals surface area contributed by atoms with E-state index in [4.69, 9.17) is 23.2 Å². The highest BCUT2D eigenvalue weighted by atomic mass is 35.5. The number of rotatable bonds is 5. The quantitative estimate of drug-likeness (QED) is 0.846. The summed E-state index contributed by atoms with van der Waals surface area (Å²) in [4.78, 5) is 2.07.